The number of benzene rings is 2. The second-order valence-corrected chi connectivity index (χ2v) is 7.23. The standard InChI is InChI=1S/C16H15BrN2O3S/c1-18-16(20)11-4-12-2-9-15(10-3-12)23(21,22)19-14-7-5-13(17)6-8-14/h2-11,19H,1H3,(H,18,20)/b11-4+. The van der Waals surface area contributed by atoms with E-state index in [1.54, 1.807) is 42.5 Å². The van der Waals surface area contributed by atoms with E-state index in [9.17, 15) is 13.2 Å². The SMILES string of the molecule is CNC(=O)/C=C/c1ccc(S(=O)(=O)Nc2ccc(Br)cc2)cc1. The number of likely N-dealkylation sites (N-methyl/N-ethyl adjacent to an activating group) is 1. The van der Waals surface area contributed by atoms with E-state index >= 15 is 0 Å². The van der Waals surface area contributed by atoms with Crippen LogP contribution in [0, 0.1) is 0 Å². The number of carbonyl (C=O) groups is 1. The van der Waals surface area contributed by atoms with Gasteiger partial charge in [0.25, 0.3) is 10.0 Å². The number of anilines is 1. The van der Waals surface area contributed by atoms with Crippen molar-refractivity contribution in [1.82, 2.24) is 5.32 Å². The zero-order valence-electron chi connectivity index (χ0n) is 12.3. The van der Waals surface area contributed by atoms with Crippen LogP contribution >= 0.6 is 15.9 Å². The highest BCUT2D eigenvalue weighted by Gasteiger charge is 2.13. The van der Waals surface area contributed by atoms with E-state index in [4.69, 9.17) is 0 Å². The van der Waals surface area contributed by atoms with Crippen molar-refractivity contribution in [1.29, 1.82) is 0 Å². The Morgan fingerprint density at radius 2 is 1.65 bits per heavy atom. The van der Waals surface area contributed by atoms with E-state index in [0.717, 1.165) is 10.0 Å². The van der Waals surface area contributed by atoms with Gasteiger partial charge in [0, 0.05) is 23.3 Å². The summed E-state index contributed by atoms with van der Waals surface area (Å²) in [5.41, 5.74) is 1.22. The van der Waals surface area contributed by atoms with Gasteiger partial charge in [0.2, 0.25) is 5.91 Å². The first-order valence-corrected chi connectivity index (χ1v) is 8.96. The molecule has 0 fully saturated rings. The molecule has 0 spiro atoms. The number of amides is 1. The Morgan fingerprint density at radius 1 is 1.04 bits per heavy atom. The number of halogens is 1. The second kappa shape index (κ2) is 7.43. The molecule has 0 atom stereocenters. The highest BCUT2D eigenvalue weighted by Crippen LogP contribution is 2.19. The molecule has 0 saturated carbocycles. The van der Waals surface area contributed by atoms with E-state index in [2.05, 4.69) is 26.0 Å². The first-order valence-electron chi connectivity index (χ1n) is 6.69. The van der Waals surface area contributed by atoms with E-state index in [1.165, 1.54) is 25.3 Å². The minimum Gasteiger partial charge on any atom is -0.356 e. The van der Waals surface area contributed by atoms with E-state index < -0.39 is 10.0 Å². The molecule has 0 radical (unpaired) electrons. The molecule has 2 N–H and O–H groups in total. The third-order valence-corrected chi connectivity index (χ3v) is 4.89. The van der Waals surface area contributed by atoms with Gasteiger partial charge in [-0.15, -0.1) is 0 Å². The molecule has 0 aliphatic carbocycles. The molecule has 0 saturated heterocycles. The topological polar surface area (TPSA) is 75.3 Å². The molecule has 1 amide bonds. The summed E-state index contributed by atoms with van der Waals surface area (Å²) in [4.78, 5) is 11.3. The molecule has 23 heavy (non-hydrogen) atoms. The van der Waals surface area contributed by atoms with Crippen molar-refractivity contribution in [3.05, 3.63) is 64.6 Å². The Balaban J connectivity index is 2.15. The monoisotopic (exact) mass is 394 g/mol. The molecule has 0 unspecified atom stereocenters. The van der Waals surface area contributed by atoms with Crippen molar-refractivity contribution in [2.24, 2.45) is 0 Å². The average Bonchev–Trinajstić information content (AvgIpc) is 2.55. The third kappa shape index (κ3) is 4.94. The molecule has 0 aliphatic heterocycles. The van der Waals surface area contributed by atoms with Crippen LogP contribution < -0.4 is 10.0 Å². The lowest BCUT2D eigenvalue weighted by Gasteiger charge is -2.08. The maximum Gasteiger partial charge on any atom is 0.261 e. The molecule has 0 heterocycles. The highest BCUT2D eigenvalue weighted by molar-refractivity contribution is 9.10. The summed E-state index contributed by atoms with van der Waals surface area (Å²) < 4.78 is 28.0. The lowest BCUT2D eigenvalue weighted by Crippen LogP contribution is -2.14. The number of hydrogen-bond acceptors (Lipinski definition) is 3. The van der Waals surface area contributed by atoms with Gasteiger partial charge >= 0.3 is 0 Å². The van der Waals surface area contributed by atoms with Crippen molar-refractivity contribution in [2.45, 2.75) is 4.90 Å². The van der Waals surface area contributed by atoms with Gasteiger partial charge in [-0.05, 0) is 48.0 Å². The second-order valence-electron chi connectivity index (χ2n) is 4.63. The summed E-state index contributed by atoms with van der Waals surface area (Å²) in [7, 11) is -2.11. The van der Waals surface area contributed by atoms with E-state index in [1.807, 2.05) is 0 Å². The van der Waals surface area contributed by atoms with Gasteiger partial charge in [-0.1, -0.05) is 28.1 Å². The molecule has 2 aromatic rings. The van der Waals surface area contributed by atoms with Crippen LogP contribution in [0.1, 0.15) is 5.56 Å². The van der Waals surface area contributed by atoms with E-state index in [0.29, 0.717) is 5.69 Å². The Bertz CT molecular complexity index is 813. The van der Waals surface area contributed by atoms with Crippen LogP contribution in [0.2, 0.25) is 0 Å². The van der Waals surface area contributed by atoms with E-state index in [-0.39, 0.29) is 10.8 Å². The molecule has 5 nitrogen and oxygen atoms in total. The minimum atomic E-state index is -3.65. The highest BCUT2D eigenvalue weighted by atomic mass is 79.9. The Morgan fingerprint density at radius 3 is 2.22 bits per heavy atom. The predicted molar refractivity (Wildman–Crippen MR) is 94.5 cm³/mol. The van der Waals surface area contributed by atoms with Gasteiger partial charge in [-0.2, -0.15) is 0 Å². The fourth-order valence-electron chi connectivity index (χ4n) is 1.75. The zero-order valence-corrected chi connectivity index (χ0v) is 14.7. The summed E-state index contributed by atoms with van der Waals surface area (Å²) in [6.45, 7) is 0. The Hall–Kier alpha value is -2.12. The van der Waals surface area contributed by atoms with Crippen LogP contribution in [0.4, 0.5) is 5.69 Å². The molecule has 120 valence electrons. The van der Waals surface area contributed by atoms with Crippen LogP contribution in [0.25, 0.3) is 6.08 Å². The largest absolute Gasteiger partial charge is 0.356 e. The first-order chi connectivity index (χ1) is 10.9. The quantitative estimate of drug-likeness (QED) is 0.765. The van der Waals surface area contributed by atoms with Crippen LogP contribution in [0.5, 0.6) is 0 Å². The number of nitrogens with one attached hydrogen (secondary N) is 2. The fraction of sp³-hybridized carbons (Fsp3) is 0.0625. The van der Waals surface area contributed by atoms with Crippen molar-refractivity contribution in [2.75, 3.05) is 11.8 Å². The summed E-state index contributed by atoms with van der Waals surface area (Å²) >= 11 is 3.30. The van der Waals surface area contributed by atoms with Gasteiger partial charge in [0.1, 0.15) is 0 Å². The zero-order chi connectivity index (χ0) is 16.9. The maximum atomic E-state index is 12.3. The van der Waals surface area contributed by atoms with Crippen LogP contribution in [0.15, 0.2) is 64.0 Å². The van der Waals surface area contributed by atoms with Crippen molar-refractivity contribution in [3.8, 4) is 0 Å². The lowest BCUT2D eigenvalue weighted by atomic mass is 10.2. The lowest BCUT2D eigenvalue weighted by molar-refractivity contribution is -0.115. The van der Waals surface area contributed by atoms with Gasteiger partial charge in [-0.25, -0.2) is 8.42 Å². The molecular weight excluding hydrogens is 380 g/mol. The van der Waals surface area contributed by atoms with Gasteiger partial charge in [0.05, 0.1) is 4.90 Å². The van der Waals surface area contributed by atoms with Crippen molar-refractivity contribution in [3.63, 3.8) is 0 Å². The average molecular weight is 395 g/mol. The van der Waals surface area contributed by atoms with Crippen LogP contribution in [-0.4, -0.2) is 21.4 Å². The van der Waals surface area contributed by atoms with Crippen molar-refractivity contribution >= 4 is 43.6 Å². The molecule has 0 aliphatic rings. The van der Waals surface area contributed by atoms with Crippen LogP contribution in [0.3, 0.4) is 0 Å². The number of sulfonamides is 1. The number of carbonyl (C=O) groups excluding carboxylic acids is 1. The molecule has 0 bridgehead atoms. The molecule has 7 heteroatoms. The first kappa shape index (κ1) is 17.2. The summed E-state index contributed by atoms with van der Waals surface area (Å²) in [5.74, 6) is -0.224. The number of rotatable bonds is 5. The number of hydrogen-bond donors (Lipinski definition) is 2. The third-order valence-electron chi connectivity index (χ3n) is 2.96. The molecule has 2 aromatic carbocycles. The molecular formula is C16H15BrN2O3S. The predicted octanol–water partition coefficient (Wildman–Crippen LogP) is 3.01. The normalized spacial score (nSPS) is 11.4. The van der Waals surface area contributed by atoms with Crippen LogP contribution in [-0.2, 0) is 14.8 Å². The smallest absolute Gasteiger partial charge is 0.261 e. The van der Waals surface area contributed by atoms with Crippen molar-refractivity contribution < 1.29 is 13.2 Å². The minimum absolute atomic E-state index is 0.150. The summed E-state index contributed by atoms with van der Waals surface area (Å²) in [6, 6.07) is 13.1. The Kier molecular flexibility index (Phi) is 5.57. The van der Waals surface area contributed by atoms with Gasteiger partial charge < -0.3 is 5.32 Å². The van der Waals surface area contributed by atoms with Gasteiger partial charge in [-0.3, -0.25) is 9.52 Å². The Labute approximate surface area is 143 Å². The molecule has 2 rings (SSSR count). The van der Waals surface area contributed by atoms with Gasteiger partial charge in [0.15, 0.2) is 0 Å². The summed E-state index contributed by atoms with van der Waals surface area (Å²) in [5, 5.41) is 2.47. The fourth-order valence-corrected chi connectivity index (χ4v) is 3.07. The molecule has 0 aromatic heterocycles. The maximum absolute atomic E-state index is 12.3. The summed E-state index contributed by atoms with van der Waals surface area (Å²) in [6.07, 6.45) is 2.99.